The predicted octanol–water partition coefficient (Wildman–Crippen LogP) is 0.872. The molecule has 3 aliphatic rings. The highest BCUT2D eigenvalue weighted by Gasteiger charge is 2.30. The molecule has 0 aromatic rings. The average Bonchev–Trinajstić information content (AvgIpc) is 2.92. The van der Waals surface area contributed by atoms with Crippen molar-refractivity contribution in [3.63, 3.8) is 0 Å². The molecule has 2 saturated heterocycles. The van der Waals surface area contributed by atoms with Crippen molar-refractivity contribution >= 4 is 5.91 Å². The number of rotatable bonds is 3. The quantitative estimate of drug-likeness (QED) is 0.782. The summed E-state index contributed by atoms with van der Waals surface area (Å²) < 4.78 is 0. The third kappa shape index (κ3) is 3.04. The van der Waals surface area contributed by atoms with E-state index in [0.29, 0.717) is 24.7 Å². The Bertz CT molecular complexity index is 301. The fraction of sp³-hybridized carbons (Fsp3) is 0.929. The van der Waals surface area contributed by atoms with E-state index in [0.717, 1.165) is 13.1 Å². The molecule has 0 radical (unpaired) electrons. The lowest BCUT2D eigenvalue weighted by Crippen LogP contribution is -2.44. The maximum Gasteiger partial charge on any atom is 0.234 e. The van der Waals surface area contributed by atoms with E-state index in [4.69, 9.17) is 0 Å². The van der Waals surface area contributed by atoms with Crippen molar-refractivity contribution in [3.8, 4) is 0 Å². The topological polar surface area (TPSA) is 44.4 Å². The van der Waals surface area contributed by atoms with Crippen LogP contribution in [-0.4, -0.2) is 48.6 Å². The zero-order chi connectivity index (χ0) is 12.4. The van der Waals surface area contributed by atoms with Gasteiger partial charge in [0, 0.05) is 31.2 Å². The molecule has 3 rings (SSSR count). The number of fused-ring (bicyclic) bond motifs is 2. The number of carbonyl (C=O) groups excluding carboxylic acids is 1. The van der Waals surface area contributed by atoms with Gasteiger partial charge in [-0.05, 0) is 32.1 Å². The predicted molar refractivity (Wildman–Crippen MR) is 71.4 cm³/mol. The Labute approximate surface area is 109 Å². The van der Waals surface area contributed by atoms with Crippen molar-refractivity contribution in [2.24, 2.45) is 0 Å². The summed E-state index contributed by atoms with van der Waals surface area (Å²) in [7, 11) is 0. The van der Waals surface area contributed by atoms with Crippen molar-refractivity contribution in [1.82, 2.24) is 15.5 Å². The van der Waals surface area contributed by atoms with Gasteiger partial charge in [-0.3, -0.25) is 9.69 Å². The zero-order valence-corrected chi connectivity index (χ0v) is 11.2. The van der Waals surface area contributed by atoms with Crippen molar-refractivity contribution in [1.29, 1.82) is 0 Å². The minimum absolute atomic E-state index is 0.236. The molecular weight excluding hydrogens is 226 g/mol. The van der Waals surface area contributed by atoms with Gasteiger partial charge in [0.2, 0.25) is 5.91 Å². The van der Waals surface area contributed by atoms with E-state index in [9.17, 15) is 4.79 Å². The second-order valence-corrected chi connectivity index (χ2v) is 6.21. The van der Waals surface area contributed by atoms with Crippen LogP contribution < -0.4 is 10.6 Å². The first-order valence-electron chi connectivity index (χ1n) is 7.57. The summed E-state index contributed by atoms with van der Waals surface area (Å²) in [5.74, 6) is 0.236. The second kappa shape index (κ2) is 5.57. The lowest BCUT2D eigenvalue weighted by Gasteiger charge is -2.24. The number of nitrogens with one attached hydrogen (secondary N) is 2. The van der Waals surface area contributed by atoms with E-state index in [1.165, 1.54) is 44.9 Å². The van der Waals surface area contributed by atoms with Gasteiger partial charge in [0.25, 0.3) is 0 Å². The van der Waals surface area contributed by atoms with Gasteiger partial charge in [-0.2, -0.15) is 0 Å². The third-order valence-electron chi connectivity index (χ3n) is 4.69. The maximum atomic E-state index is 12.0. The van der Waals surface area contributed by atoms with Crippen LogP contribution in [-0.2, 0) is 4.79 Å². The van der Waals surface area contributed by atoms with Gasteiger partial charge < -0.3 is 10.6 Å². The van der Waals surface area contributed by atoms with E-state index < -0.39 is 0 Å². The van der Waals surface area contributed by atoms with Gasteiger partial charge in [0.05, 0.1) is 6.54 Å². The highest BCUT2D eigenvalue weighted by Crippen LogP contribution is 2.20. The van der Waals surface area contributed by atoms with Crippen LogP contribution in [0.1, 0.15) is 44.9 Å². The molecule has 0 spiro atoms. The molecule has 0 aromatic carbocycles. The summed E-state index contributed by atoms with van der Waals surface area (Å²) in [6, 6.07) is 1.79. The average molecular weight is 251 g/mol. The summed E-state index contributed by atoms with van der Waals surface area (Å²) in [6.07, 6.45) is 8.73. The molecule has 2 heterocycles. The minimum Gasteiger partial charge on any atom is -0.352 e. The fourth-order valence-electron chi connectivity index (χ4n) is 3.71. The molecule has 2 unspecified atom stereocenters. The van der Waals surface area contributed by atoms with Crippen molar-refractivity contribution < 1.29 is 4.79 Å². The molecule has 4 heteroatoms. The number of hydrogen-bond acceptors (Lipinski definition) is 3. The summed E-state index contributed by atoms with van der Waals surface area (Å²) in [5.41, 5.74) is 0. The Balaban J connectivity index is 1.45. The molecule has 3 fully saturated rings. The van der Waals surface area contributed by atoms with E-state index in [1.807, 2.05) is 0 Å². The second-order valence-electron chi connectivity index (χ2n) is 6.21. The molecule has 2 atom stereocenters. The highest BCUT2D eigenvalue weighted by atomic mass is 16.2. The van der Waals surface area contributed by atoms with Crippen LogP contribution in [0.4, 0.5) is 0 Å². The monoisotopic (exact) mass is 251 g/mol. The van der Waals surface area contributed by atoms with Crippen molar-refractivity contribution in [3.05, 3.63) is 0 Å². The lowest BCUT2D eigenvalue weighted by molar-refractivity contribution is -0.123. The van der Waals surface area contributed by atoms with Crippen LogP contribution in [0.3, 0.4) is 0 Å². The van der Waals surface area contributed by atoms with Gasteiger partial charge in [0.1, 0.15) is 0 Å². The normalized spacial score (nSPS) is 33.6. The molecular formula is C14H25N3O. The molecule has 1 amide bonds. The number of nitrogens with zero attached hydrogens (tertiary/aromatic N) is 1. The number of likely N-dealkylation sites (tertiary alicyclic amines) is 1. The first-order valence-corrected chi connectivity index (χ1v) is 7.57. The summed E-state index contributed by atoms with van der Waals surface area (Å²) in [5, 5.41) is 6.85. The van der Waals surface area contributed by atoms with Gasteiger partial charge in [-0.25, -0.2) is 0 Å². The molecule has 2 aliphatic heterocycles. The molecule has 2 bridgehead atoms. The molecule has 102 valence electrons. The Hall–Kier alpha value is -0.610. The summed E-state index contributed by atoms with van der Waals surface area (Å²) in [4.78, 5) is 14.3. The van der Waals surface area contributed by atoms with E-state index in [2.05, 4.69) is 15.5 Å². The first kappa shape index (κ1) is 12.4. The number of amides is 1. The smallest absolute Gasteiger partial charge is 0.234 e. The molecule has 4 nitrogen and oxygen atoms in total. The largest absolute Gasteiger partial charge is 0.352 e. The Morgan fingerprint density at radius 3 is 2.72 bits per heavy atom. The van der Waals surface area contributed by atoms with Crippen molar-refractivity contribution in [2.45, 2.75) is 63.1 Å². The maximum absolute atomic E-state index is 12.0. The van der Waals surface area contributed by atoms with Crippen LogP contribution in [0.5, 0.6) is 0 Å². The minimum atomic E-state index is 0.236. The molecule has 18 heavy (non-hydrogen) atoms. The molecule has 1 aliphatic carbocycles. The SMILES string of the molecule is O=C(CN1CCC2CCC(C1)N2)NC1CCCC1. The van der Waals surface area contributed by atoms with Crippen molar-refractivity contribution in [2.75, 3.05) is 19.6 Å². The third-order valence-corrected chi connectivity index (χ3v) is 4.69. The Morgan fingerprint density at radius 1 is 1.11 bits per heavy atom. The van der Waals surface area contributed by atoms with E-state index in [1.54, 1.807) is 0 Å². The molecule has 0 aromatic heterocycles. The van der Waals surface area contributed by atoms with Crippen LogP contribution in [0.25, 0.3) is 0 Å². The summed E-state index contributed by atoms with van der Waals surface area (Å²) in [6.45, 7) is 2.72. The van der Waals surface area contributed by atoms with E-state index >= 15 is 0 Å². The van der Waals surface area contributed by atoms with Gasteiger partial charge in [-0.1, -0.05) is 12.8 Å². The Kier molecular flexibility index (Phi) is 3.85. The molecule has 2 N–H and O–H groups in total. The Morgan fingerprint density at radius 2 is 1.89 bits per heavy atom. The standard InChI is InChI=1S/C14H25N3O/c18-14(16-11-3-1-2-4-11)10-17-8-7-12-5-6-13(9-17)15-12/h11-13,15H,1-10H2,(H,16,18). The van der Waals surface area contributed by atoms with Gasteiger partial charge in [-0.15, -0.1) is 0 Å². The van der Waals surface area contributed by atoms with E-state index in [-0.39, 0.29) is 5.91 Å². The fourth-order valence-corrected chi connectivity index (χ4v) is 3.71. The van der Waals surface area contributed by atoms with Crippen LogP contribution in [0, 0.1) is 0 Å². The number of hydrogen-bond donors (Lipinski definition) is 2. The molecule has 1 saturated carbocycles. The highest BCUT2D eigenvalue weighted by molar-refractivity contribution is 5.78. The summed E-state index contributed by atoms with van der Waals surface area (Å²) >= 11 is 0. The first-order chi connectivity index (χ1) is 8.79. The van der Waals surface area contributed by atoms with Gasteiger partial charge in [0.15, 0.2) is 0 Å². The van der Waals surface area contributed by atoms with Crippen LogP contribution in [0.2, 0.25) is 0 Å². The van der Waals surface area contributed by atoms with Crippen LogP contribution >= 0.6 is 0 Å². The lowest BCUT2D eigenvalue weighted by atomic mass is 10.1. The zero-order valence-electron chi connectivity index (χ0n) is 11.2. The van der Waals surface area contributed by atoms with Gasteiger partial charge >= 0.3 is 0 Å². The van der Waals surface area contributed by atoms with Crippen LogP contribution in [0.15, 0.2) is 0 Å². The number of carbonyl (C=O) groups is 1.